The number of fused-ring (bicyclic) bond motifs is 1. The lowest BCUT2D eigenvalue weighted by atomic mass is 9.87. The second kappa shape index (κ2) is 1.76. The molecule has 1 heteroatoms. The summed E-state index contributed by atoms with van der Waals surface area (Å²) in [6.45, 7) is 6.80. The Hall–Kier alpha value is -0.0400. The van der Waals surface area contributed by atoms with Gasteiger partial charge in [-0.3, -0.25) is 0 Å². The Morgan fingerprint density at radius 3 is 2.20 bits per heavy atom. The van der Waals surface area contributed by atoms with Crippen LogP contribution in [0, 0.1) is 11.3 Å². The number of hydrogen-bond acceptors (Lipinski definition) is 1. The van der Waals surface area contributed by atoms with E-state index in [1.165, 1.54) is 12.8 Å². The van der Waals surface area contributed by atoms with Crippen LogP contribution >= 0.6 is 0 Å². The molecular formula is C9H16O. The molecule has 0 spiro atoms. The number of ether oxygens (including phenoxy) is 1. The van der Waals surface area contributed by atoms with Gasteiger partial charge in [0.1, 0.15) is 0 Å². The monoisotopic (exact) mass is 140 g/mol. The van der Waals surface area contributed by atoms with Crippen LogP contribution < -0.4 is 0 Å². The summed E-state index contributed by atoms with van der Waals surface area (Å²) < 4.78 is 5.80. The molecule has 2 aliphatic rings. The fraction of sp³-hybridized carbons (Fsp3) is 1.00. The largest absolute Gasteiger partial charge is 0.374 e. The van der Waals surface area contributed by atoms with Gasteiger partial charge in [0, 0.05) is 0 Å². The summed E-state index contributed by atoms with van der Waals surface area (Å²) in [5.74, 6) is 0.934. The fourth-order valence-electron chi connectivity index (χ4n) is 1.73. The number of hydrogen-bond donors (Lipinski definition) is 0. The van der Waals surface area contributed by atoms with Crippen molar-refractivity contribution in [2.75, 3.05) is 0 Å². The molecule has 1 saturated heterocycles. The molecule has 1 aliphatic carbocycles. The zero-order valence-corrected chi connectivity index (χ0v) is 7.05. The van der Waals surface area contributed by atoms with Crippen molar-refractivity contribution < 1.29 is 4.74 Å². The Morgan fingerprint density at radius 2 is 1.90 bits per heavy atom. The van der Waals surface area contributed by atoms with Gasteiger partial charge in [-0.1, -0.05) is 20.8 Å². The van der Waals surface area contributed by atoms with Crippen molar-refractivity contribution in [3.8, 4) is 0 Å². The third-order valence-corrected chi connectivity index (χ3v) is 2.68. The molecule has 1 saturated carbocycles. The summed E-state index contributed by atoms with van der Waals surface area (Å²) in [5.41, 5.74) is 0.368. The van der Waals surface area contributed by atoms with Gasteiger partial charge in [-0.15, -0.1) is 0 Å². The van der Waals surface area contributed by atoms with Crippen molar-refractivity contribution in [3.05, 3.63) is 0 Å². The van der Waals surface area contributed by atoms with Gasteiger partial charge in [0.2, 0.25) is 0 Å². The van der Waals surface area contributed by atoms with Crippen molar-refractivity contribution in [2.24, 2.45) is 11.3 Å². The highest BCUT2D eigenvalue weighted by Gasteiger charge is 2.50. The average molecular weight is 140 g/mol. The van der Waals surface area contributed by atoms with E-state index in [4.69, 9.17) is 4.74 Å². The van der Waals surface area contributed by atoms with Crippen LogP contribution in [0.4, 0.5) is 0 Å². The summed E-state index contributed by atoms with van der Waals surface area (Å²) >= 11 is 0. The maximum Gasteiger partial charge on any atom is 0.0630 e. The maximum atomic E-state index is 5.80. The fourth-order valence-corrected chi connectivity index (χ4v) is 1.73. The molecule has 58 valence electrons. The van der Waals surface area contributed by atoms with E-state index >= 15 is 0 Å². The third kappa shape index (κ3) is 0.968. The highest BCUT2D eigenvalue weighted by atomic mass is 16.5. The maximum absolute atomic E-state index is 5.80. The Labute approximate surface area is 62.8 Å². The van der Waals surface area contributed by atoms with Gasteiger partial charge < -0.3 is 4.74 Å². The number of rotatable bonds is 0. The molecular weight excluding hydrogens is 124 g/mol. The van der Waals surface area contributed by atoms with Crippen molar-refractivity contribution in [1.82, 2.24) is 0 Å². The van der Waals surface area contributed by atoms with Crippen LogP contribution in [0.3, 0.4) is 0 Å². The predicted molar refractivity (Wildman–Crippen MR) is 40.8 cm³/mol. The lowest BCUT2D eigenvalue weighted by Gasteiger charge is -2.27. The topological polar surface area (TPSA) is 9.23 Å². The van der Waals surface area contributed by atoms with Gasteiger partial charge in [0.15, 0.2) is 0 Å². The molecule has 3 unspecified atom stereocenters. The third-order valence-electron chi connectivity index (χ3n) is 2.68. The zero-order valence-electron chi connectivity index (χ0n) is 7.05. The Morgan fingerprint density at radius 1 is 1.20 bits per heavy atom. The summed E-state index contributed by atoms with van der Waals surface area (Å²) in [7, 11) is 0. The summed E-state index contributed by atoms with van der Waals surface area (Å²) in [4.78, 5) is 0. The second-order valence-corrected chi connectivity index (χ2v) is 4.76. The molecule has 0 bridgehead atoms. The molecule has 1 heterocycles. The molecule has 2 rings (SSSR count). The first kappa shape index (κ1) is 6.66. The van der Waals surface area contributed by atoms with Gasteiger partial charge in [0.25, 0.3) is 0 Å². The molecule has 0 aromatic heterocycles. The van der Waals surface area contributed by atoms with Crippen LogP contribution in [0.5, 0.6) is 0 Å². The molecule has 0 N–H and O–H groups in total. The van der Waals surface area contributed by atoms with E-state index in [2.05, 4.69) is 20.8 Å². The van der Waals surface area contributed by atoms with Crippen LogP contribution in [0.1, 0.15) is 33.6 Å². The van der Waals surface area contributed by atoms with Crippen LogP contribution in [-0.4, -0.2) is 12.2 Å². The van der Waals surface area contributed by atoms with E-state index in [-0.39, 0.29) is 0 Å². The summed E-state index contributed by atoms with van der Waals surface area (Å²) in [6.07, 6.45) is 3.85. The first-order chi connectivity index (χ1) is 4.57. The summed E-state index contributed by atoms with van der Waals surface area (Å²) in [5, 5.41) is 0. The average Bonchev–Trinajstić information content (AvgIpc) is 2.38. The van der Waals surface area contributed by atoms with E-state index in [1.807, 2.05) is 0 Å². The first-order valence-electron chi connectivity index (χ1n) is 4.23. The van der Waals surface area contributed by atoms with Crippen molar-refractivity contribution in [2.45, 2.75) is 45.8 Å². The minimum atomic E-state index is 0.368. The molecule has 0 radical (unpaired) electrons. The van der Waals surface area contributed by atoms with E-state index in [0.717, 1.165) is 5.92 Å². The SMILES string of the molecule is CC(C)(C)C1CC2CC2O1. The molecule has 0 amide bonds. The molecule has 1 nitrogen and oxygen atoms in total. The highest BCUT2D eigenvalue weighted by molar-refractivity contribution is 4.98. The van der Waals surface area contributed by atoms with Crippen LogP contribution in [0.25, 0.3) is 0 Å². The van der Waals surface area contributed by atoms with Gasteiger partial charge >= 0.3 is 0 Å². The lowest BCUT2D eigenvalue weighted by Crippen LogP contribution is -2.26. The molecule has 0 aromatic rings. The minimum absolute atomic E-state index is 0.368. The Balaban J connectivity index is 1.97. The quantitative estimate of drug-likeness (QED) is 0.501. The van der Waals surface area contributed by atoms with Gasteiger partial charge in [-0.25, -0.2) is 0 Å². The molecule has 1 aliphatic heterocycles. The van der Waals surface area contributed by atoms with Crippen LogP contribution in [0.2, 0.25) is 0 Å². The summed E-state index contributed by atoms with van der Waals surface area (Å²) in [6, 6.07) is 0. The van der Waals surface area contributed by atoms with Crippen molar-refractivity contribution in [3.63, 3.8) is 0 Å². The standard InChI is InChI=1S/C9H16O/c1-9(2,3)8-5-6-4-7(6)10-8/h6-8H,4-5H2,1-3H3. The molecule has 10 heavy (non-hydrogen) atoms. The van der Waals surface area contributed by atoms with E-state index in [0.29, 0.717) is 17.6 Å². The van der Waals surface area contributed by atoms with Crippen LogP contribution in [0.15, 0.2) is 0 Å². The second-order valence-electron chi connectivity index (χ2n) is 4.76. The van der Waals surface area contributed by atoms with E-state index < -0.39 is 0 Å². The van der Waals surface area contributed by atoms with Gasteiger partial charge in [-0.05, 0) is 24.2 Å². The normalized spacial score (nSPS) is 45.3. The van der Waals surface area contributed by atoms with Crippen LogP contribution in [-0.2, 0) is 4.74 Å². The Kier molecular flexibility index (Phi) is 1.17. The molecule has 3 atom stereocenters. The molecule has 2 fully saturated rings. The van der Waals surface area contributed by atoms with Crippen molar-refractivity contribution >= 4 is 0 Å². The zero-order chi connectivity index (χ0) is 7.35. The Bertz CT molecular complexity index is 135. The predicted octanol–water partition coefficient (Wildman–Crippen LogP) is 2.21. The van der Waals surface area contributed by atoms with Crippen molar-refractivity contribution in [1.29, 1.82) is 0 Å². The highest BCUT2D eigenvalue weighted by Crippen LogP contribution is 2.49. The van der Waals surface area contributed by atoms with E-state index in [1.54, 1.807) is 0 Å². The van der Waals surface area contributed by atoms with Gasteiger partial charge in [-0.2, -0.15) is 0 Å². The lowest BCUT2D eigenvalue weighted by molar-refractivity contribution is 0.000350. The smallest absolute Gasteiger partial charge is 0.0630 e. The van der Waals surface area contributed by atoms with Gasteiger partial charge in [0.05, 0.1) is 12.2 Å². The minimum Gasteiger partial charge on any atom is -0.374 e. The van der Waals surface area contributed by atoms with E-state index in [9.17, 15) is 0 Å². The molecule has 0 aromatic carbocycles. The first-order valence-corrected chi connectivity index (χ1v) is 4.23.